The number of rotatable bonds is 8. The molecule has 9 heteroatoms. The first-order valence-corrected chi connectivity index (χ1v) is 11.0. The topological polar surface area (TPSA) is 83.0 Å². The van der Waals surface area contributed by atoms with E-state index in [-0.39, 0.29) is 5.56 Å². The molecule has 0 unspecified atom stereocenters. The first-order valence-electron chi connectivity index (χ1n) is 9.59. The summed E-state index contributed by atoms with van der Waals surface area (Å²) < 4.78 is 12.6. The molecular formula is C22H19ClN4O3S. The molecule has 7 nitrogen and oxygen atoms in total. The summed E-state index contributed by atoms with van der Waals surface area (Å²) in [5, 5.41) is 5.62. The molecular weight excluding hydrogens is 436 g/mol. The van der Waals surface area contributed by atoms with Crippen molar-refractivity contribution in [2.45, 2.75) is 24.4 Å². The van der Waals surface area contributed by atoms with Crippen molar-refractivity contribution in [3.05, 3.63) is 76.4 Å². The fraction of sp³-hybridized carbons (Fsp3) is 0.182. The van der Waals surface area contributed by atoms with Gasteiger partial charge in [0.15, 0.2) is 5.16 Å². The number of halogens is 1. The second-order valence-corrected chi connectivity index (χ2v) is 7.87. The maximum absolute atomic E-state index is 12.9. The van der Waals surface area contributed by atoms with E-state index in [1.807, 2.05) is 31.2 Å². The zero-order valence-corrected chi connectivity index (χ0v) is 18.3. The number of aromatic nitrogens is 4. The van der Waals surface area contributed by atoms with E-state index in [9.17, 15) is 4.79 Å². The van der Waals surface area contributed by atoms with Gasteiger partial charge < -0.3 is 9.26 Å². The van der Waals surface area contributed by atoms with Crippen molar-refractivity contribution in [3.63, 3.8) is 0 Å². The number of allylic oxidation sites excluding steroid dienone is 1. The van der Waals surface area contributed by atoms with Crippen LogP contribution in [0.4, 0.5) is 0 Å². The van der Waals surface area contributed by atoms with E-state index in [1.54, 1.807) is 28.8 Å². The van der Waals surface area contributed by atoms with Crippen molar-refractivity contribution >= 4 is 34.3 Å². The fourth-order valence-corrected chi connectivity index (χ4v) is 4.07. The summed E-state index contributed by atoms with van der Waals surface area (Å²) in [6.45, 7) is 6.53. The zero-order chi connectivity index (χ0) is 21.8. The Hall–Kier alpha value is -3.10. The molecule has 0 saturated heterocycles. The molecule has 2 aromatic carbocycles. The Kier molecular flexibility index (Phi) is 6.39. The van der Waals surface area contributed by atoms with Crippen LogP contribution in [0.3, 0.4) is 0 Å². The molecule has 2 heterocycles. The summed E-state index contributed by atoms with van der Waals surface area (Å²) in [6.07, 6.45) is 1.66. The molecule has 2 aromatic heterocycles. The van der Waals surface area contributed by atoms with E-state index in [1.165, 1.54) is 11.8 Å². The molecule has 0 atom stereocenters. The van der Waals surface area contributed by atoms with E-state index >= 15 is 0 Å². The van der Waals surface area contributed by atoms with E-state index in [0.29, 0.717) is 57.5 Å². The number of ether oxygens (including phenoxy) is 1. The van der Waals surface area contributed by atoms with Gasteiger partial charge in [-0.25, -0.2) is 4.98 Å². The highest BCUT2D eigenvalue weighted by molar-refractivity contribution is 7.98. The quantitative estimate of drug-likeness (QED) is 0.211. The summed E-state index contributed by atoms with van der Waals surface area (Å²) in [5.74, 6) is 1.90. The smallest absolute Gasteiger partial charge is 0.262 e. The largest absolute Gasteiger partial charge is 0.493 e. The molecule has 0 N–H and O–H groups in total. The molecule has 31 heavy (non-hydrogen) atoms. The average Bonchev–Trinajstić information content (AvgIpc) is 3.24. The van der Waals surface area contributed by atoms with Crippen LogP contribution in [0.1, 0.15) is 12.8 Å². The summed E-state index contributed by atoms with van der Waals surface area (Å²) in [4.78, 5) is 22.0. The van der Waals surface area contributed by atoms with Gasteiger partial charge in [0.1, 0.15) is 5.75 Å². The van der Waals surface area contributed by atoms with Gasteiger partial charge in [0.05, 0.1) is 28.8 Å². The SMILES string of the molecule is C=CCn1c(SCc2nc(-c3ccccc3OCC)no2)nc2cc(Cl)ccc2c1=O. The van der Waals surface area contributed by atoms with Gasteiger partial charge in [-0.1, -0.05) is 46.7 Å². The Bertz CT molecular complexity index is 1300. The Morgan fingerprint density at radius 1 is 1.26 bits per heavy atom. The fourth-order valence-electron chi connectivity index (χ4n) is 3.06. The van der Waals surface area contributed by atoms with Gasteiger partial charge in [-0.05, 0) is 37.3 Å². The summed E-state index contributed by atoms with van der Waals surface area (Å²) in [6, 6.07) is 12.6. The normalized spacial score (nSPS) is 11.0. The summed E-state index contributed by atoms with van der Waals surface area (Å²) in [5.41, 5.74) is 1.14. The first kappa shape index (κ1) is 21.1. The molecule has 0 spiro atoms. The third-order valence-corrected chi connectivity index (χ3v) is 5.61. The van der Waals surface area contributed by atoms with Crippen LogP contribution in [0.2, 0.25) is 5.02 Å². The Labute approximate surface area is 187 Å². The maximum atomic E-state index is 12.9. The van der Waals surface area contributed by atoms with Gasteiger partial charge in [-0.2, -0.15) is 4.98 Å². The molecule has 0 aliphatic heterocycles. The minimum atomic E-state index is -0.152. The van der Waals surface area contributed by atoms with Crippen LogP contribution >= 0.6 is 23.4 Å². The van der Waals surface area contributed by atoms with Crippen molar-refractivity contribution in [1.29, 1.82) is 0 Å². The van der Waals surface area contributed by atoms with Gasteiger partial charge in [-0.15, -0.1) is 6.58 Å². The van der Waals surface area contributed by atoms with Crippen LogP contribution in [0, 0.1) is 0 Å². The monoisotopic (exact) mass is 454 g/mol. The van der Waals surface area contributed by atoms with E-state index in [4.69, 9.17) is 20.9 Å². The van der Waals surface area contributed by atoms with Crippen molar-refractivity contribution in [3.8, 4) is 17.1 Å². The Morgan fingerprint density at radius 3 is 2.90 bits per heavy atom. The van der Waals surface area contributed by atoms with Crippen LogP contribution in [0.5, 0.6) is 5.75 Å². The van der Waals surface area contributed by atoms with Crippen LogP contribution < -0.4 is 10.3 Å². The molecule has 0 aliphatic carbocycles. The lowest BCUT2D eigenvalue weighted by Crippen LogP contribution is -2.22. The Morgan fingerprint density at radius 2 is 2.10 bits per heavy atom. The second-order valence-electron chi connectivity index (χ2n) is 6.49. The van der Waals surface area contributed by atoms with Crippen molar-refractivity contribution < 1.29 is 9.26 Å². The van der Waals surface area contributed by atoms with Crippen molar-refractivity contribution in [2.24, 2.45) is 0 Å². The van der Waals surface area contributed by atoms with E-state index in [2.05, 4.69) is 21.7 Å². The van der Waals surface area contributed by atoms with Crippen molar-refractivity contribution in [1.82, 2.24) is 19.7 Å². The van der Waals surface area contributed by atoms with Gasteiger partial charge in [-0.3, -0.25) is 9.36 Å². The van der Waals surface area contributed by atoms with Crippen molar-refractivity contribution in [2.75, 3.05) is 6.61 Å². The lowest BCUT2D eigenvalue weighted by atomic mass is 10.2. The third-order valence-electron chi connectivity index (χ3n) is 4.41. The molecule has 4 aromatic rings. The predicted octanol–water partition coefficient (Wildman–Crippen LogP) is 4.98. The molecule has 0 fully saturated rings. The van der Waals surface area contributed by atoms with Gasteiger partial charge in [0.25, 0.3) is 5.56 Å². The van der Waals surface area contributed by atoms with Crippen LogP contribution in [-0.2, 0) is 12.3 Å². The molecule has 0 saturated carbocycles. The standard InChI is InChI=1S/C22H19ClN4O3S/c1-3-11-27-21(28)15-10-9-14(23)12-17(15)24-22(27)31-13-19-25-20(26-30-19)16-7-5-6-8-18(16)29-4-2/h3,5-10,12H,1,4,11,13H2,2H3. The number of nitrogens with zero attached hydrogens (tertiary/aromatic N) is 4. The van der Waals surface area contributed by atoms with Gasteiger partial charge >= 0.3 is 0 Å². The summed E-state index contributed by atoms with van der Waals surface area (Å²) in [7, 11) is 0. The first-order chi connectivity index (χ1) is 15.1. The Balaban J connectivity index is 1.62. The lowest BCUT2D eigenvalue weighted by molar-refractivity contribution is 0.341. The number of fused-ring (bicyclic) bond motifs is 1. The zero-order valence-electron chi connectivity index (χ0n) is 16.7. The molecule has 0 radical (unpaired) electrons. The number of para-hydroxylation sites is 1. The molecule has 4 rings (SSSR count). The van der Waals surface area contributed by atoms with Crippen LogP contribution in [-0.4, -0.2) is 26.3 Å². The highest BCUT2D eigenvalue weighted by Gasteiger charge is 2.16. The number of benzene rings is 2. The summed E-state index contributed by atoms with van der Waals surface area (Å²) >= 11 is 7.41. The third kappa shape index (κ3) is 4.50. The predicted molar refractivity (Wildman–Crippen MR) is 122 cm³/mol. The second kappa shape index (κ2) is 9.36. The van der Waals surface area contributed by atoms with Gasteiger partial charge in [0, 0.05) is 11.6 Å². The van der Waals surface area contributed by atoms with E-state index in [0.717, 1.165) is 5.56 Å². The minimum Gasteiger partial charge on any atom is -0.493 e. The van der Waals surface area contributed by atoms with E-state index < -0.39 is 0 Å². The highest BCUT2D eigenvalue weighted by atomic mass is 35.5. The number of hydrogen-bond donors (Lipinski definition) is 0. The average molecular weight is 455 g/mol. The molecule has 0 bridgehead atoms. The minimum absolute atomic E-state index is 0.152. The van der Waals surface area contributed by atoms with Gasteiger partial charge in [0.2, 0.25) is 11.7 Å². The highest BCUT2D eigenvalue weighted by Crippen LogP contribution is 2.29. The van der Waals surface area contributed by atoms with Crippen LogP contribution in [0.25, 0.3) is 22.3 Å². The molecule has 0 amide bonds. The lowest BCUT2D eigenvalue weighted by Gasteiger charge is -2.10. The maximum Gasteiger partial charge on any atom is 0.262 e. The van der Waals surface area contributed by atoms with Crippen LogP contribution in [0.15, 0.2) is 69.6 Å². The number of thioether (sulfide) groups is 1. The number of hydrogen-bond acceptors (Lipinski definition) is 7. The molecule has 0 aliphatic rings. The molecule has 158 valence electrons.